The molecule has 0 aliphatic heterocycles. The van der Waals surface area contributed by atoms with Crippen LogP contribution in [-0.4, -0.2) is 9.97 Å². The van der Waals surface area contributed by atoms with Crippen molar-refractivity contribution in [3.05, 3.63) is 77.1 Å². The Morgan fingerprint density at radius 2 is 1.76 bits per heavy atom. The molecule has 0 bridgehead atoms. The maximum atomic E-state index is 4.62. The third-order valence-corrected chi connectivity index (χ3v) is 4.88. The summed E-state index contributed by atoms with van der Waals surface area (Å²) in [6.45, 7) is 4.06. The maximum absolute atomic E-state index is 4.62. The quantitative estimate of drug-likeness (QED) is 0.713. The van der Waals surface area contributed by atoms with E-state index in [9.17, 15) is 0 Å². The van der Waals surface area contributed by atoms with Crippen molar-refractivity contribution < 1.29 is 0 Å². The van der Waals surface area contributed by atoms with Gasteiger partial charge in [-0.15, -0.1) is 0 Å². The largest absolute Gasteiger partial charge is 0.363 e. The van der Waals surface area contributed by atoms with Gasteiger partial charge in [0.2, 0.25) is 0 Å². The zero-order chi connectivity index (χ0) is 17.2. The molecule has 1 unspecified atom stereocenters. The Labute approximate surface area is 149 Å². The molecule has 1 aromatic heterocycles. The normalized spacial score (nSPS) is 16.3. The van der Waals surface area contributed by atoms with E-state index in [4.69, 9.17) is 0 Å². The molecule has 0 spiro atoms. The number of anilines is 1. The Morgan fingerprint density at radius 3 is 2.60 bits per heavy atom. The maximum Gasteiger partial charge on any atom is 0.130 e. The lowest BCUT2D eigenvalue weighted by Gasteiger charge is -2.27. The highest BCUT2D eigenvalue weighted by atomic mass is 15.0. The average Bonchev–Trinajstić information content (AvgIpc) is 2.62. The van der Waals surface area contributed by atoms with E-state index in [2.05, 4.69) is 76.8 Å². The molecule has 2 aromatic carbocycles. The van der Waals surface area contributed by atoms with Crippen molar-refractivity contribution in [3.63, 3.8) is 0 Å². The SMILES string of the molecule is Cc1ccc(-c2cc(NC3CCCc4ccccc43)nc(C)n2)cc1. The van der Waals surface area contributed by atoms with Gasteiger partial charge in [-0.1, -0.05) is 54.1 Å². The number of benzene rings is 2. The number of hydrogen-bond acceptors (Lipinski definition) is 3. The summed E-state index contributed by atoms with van der Waals surface area (Å²) in [6.07, 6.45) is 3.52. The lowest BCUT2D eigenvalue weighted by atomic mass is 9.88. The highest BCUT2D eigenvalue weighted by Gasteiger charge is 2.20. The second kappa shape index (κ2) is 6.67. The molecule has 3 heteroatoms. The summed E-state index contributed by atoms with van der Waals surface area (Å²) >= 11 is 0. The molecule has 0 radical (unpaired) electrons. The molecule has 3 aromatic rings. The minimum Gasteiger partial charge on any atom is -0.363 e. The molecule has 0 amide bonds. The van der Waals surface area contributed by atoms with E-state index < -0.39 is 0 Å². The van der Waals surface area contributed by atoms with E-state index >= 15 is 0 Å². The topological polar surface area (TPSA) is 37.8 Å². The van der Waals surface area contributed by atoms with Crippen LogP contribution in [0, 0.1) is 13.8 Å². The zero-order valence-corrected chi connectivity index (χ0v) is 14.8. The highest BCUT2D eigenvalue weighted by Crippen LogP contribution is 2.32. The first-order chi connectivity index (χ1) is 12.2. The van der Waals surface area contributed by atoms with Crippen LogP contribution in [0.4, 0.5) is 5.82 Å². The van der Waals surface area contributed by atoms with Crippen LogP contribution in [0.2, 0.25) is 0 Å². The fraction of sp³-hybridized carbons (Fsp3) is 0.273. The predicted octanol–water partition coefficient (Wildman–Crippen LogP) is 5.25. The summed E-state index contributed by atoms with van der Waals surface area (Å²) in [6, 6.07) is 19.6. The van der Waals surface area contributed by atoms with Crippen molar-refractivity contribution in [1.29, 1.82) is 0 Å². The number of hydrogen-bond donors (Lipinski definition) is 1. The van der Waals surface area contributed by atoms with Gasteiger partial charge in [-0.3, -0.25) is 0 Å². The van der Waals surface area contributed by atoms with E-state index in [0.29, 0.717) is 6.04 Å². The second-order valence-electron chi connectivity index (χ2n) is 6.84. The Balaban J connectivity index is 1.65. The molecule has 1 N–H and O–H groups in total. The van der Waals surface area contributed by atoms with Crippen molar-refractivity contribution in [1.82, 2.24) is 9.97 Å². The summed E-state index contributed by atoms with van der Waals surface area (Å²) < 4.78 is 0. The van der Waals surface area contributed by atoms with Crippen LogP contribution < -0.4 is 5.32 Å². The number of nitrogens with zero attached hydrogens (tertiary/aromatic N) is 2. The molecule has 25 heavy (non-hydrogen) atoms. The molecule has 1 aliphatic carbocycles. The number of aryl methyl sites for hydroxylation is 3. The van der Waals surface area contributed by atoms with Gasteiger partial charge in [-0.05, 0) is 44.2 Å². The molecule has 0 saturated heterocycles. The number of fused-ring (bicyclic) bond motifs is 1. The zero-order valence-electron chi connectivity index (χ0n) is 14.8. The van der Waals surface area contributed by atoms with Crippen LogP contribution in [0.5, 0.6) is 0 Å². The van der Waals surface area contributed by atoms with Crippen LogP contribution >= 0.6 is 0 Å². The van der Waals surface area contributed by atoms with E-state index in [1.807, 2.05) is 6.92 Å². The summed E-state index contributed by atoms with van der Waals surface area (Å²) in [7, 11) is 0. The van der Waals surface area contributed by atoms with E-state index in [1.165, 1.54) is 29.5 Å². The first kappa shape index (κ1) is 15.8. The molecule has 3 nitrogen and oxygen atoms in total. The van der Waals surface area contributed by atoms with Crippen molar-refractivity contribution in [2.75, 3.05) is 5.32 Å². The monoisotopic (exact) mass is 329 g/mol. The molecule has 1 atom stereocenters. The van der Waals surface area contributed by atoms with Crippen molar-refractivity contribution >= 4 is 5.82 Å². The van der Waals surface area contributed by atoms with Gasteiger partial charge >= 0.3 is 0 Å². The highest BCUT2D eigenvalue weighted by molar-refractivity contribution is 5.63. The fourth-order valence-electron chi connectivity index (χ4n) is 3.60. The van der Waals surface area contributed by atoms with Gasteiger partial charge in [-0.2, -0.15) is 0 Å². The lowest BCUT2D eigenvalue weighted by Crippen LogP contribution is -2.18. The van der Waals surface area contributed by atoms with Gasteiger partial charge < -0.3 is 5.32 Å². The Bertz CT molecular complexity index is 884. The predicted molar refractivity (Wildman–Crippen MR) is 103 cm³/mol. The Morgan fingerprint density at radius 1 is 0.960 bits per heavy atom. The van der Waals surface area contributed by atoms with E-state index in [1.54, 1.807) is 0 Å². The number of aromatic nitrogens is 2. The Hall–Kier alpha value is -2.68. The van der Waals surface area contributed by atoms with E-state index in [0.717, 1.165) is 29.3 Å². The Kier molecular flexibility index (Phi) is 4.22. The molecule has 0 fully saturated rings. The molecule has 1 aliphatic rings. The summed E-state index contributed by atoms with van der Waals surface area (Å²) in [5, 5.41) is 3.65. The minimum absolute atomic E-state index is 0.324. The van der Waals surface area contributed by atoms with Crippen LogP contribution in [0.25, 0.3) is 11.3 Å². The first-order valence-corrected chi connectivity index (χ1v) is 8.96. The summed E-state index contributed by atoms with van der Waals surface area (Å²) in [5.41, 5.74) is 6.21. The third kappa shape index (κ3) is 3.41. The molecule has 126 valence electrons. The smallest absolute Gasteiger partial charge is 0.130 e. The number of nitrogens with one attached hydrogen (secondary N) is 1. The van der Waals surface area contributed by atoms with Crippen LogP contribution in [0.3, 0.4) is 0 Å². The van der Waals surface area contributed by atoms with Gasteiger partial charge in [0.15, 0.2) is 0 Å². The summed E-state index contributed by atoms with van der Waals surface area (Å²) in [5.74, 6) is 1.70. The third-order valence-electron chi connectivity index (χ3n) is 4.88. The summed E-state index contributed by atoms with van der Waals surface area (Å²) in [4.78, 5) is 9.24. The molecular formula is C22H23N3. The molecule has 0 saturated carbocycles. The van der Waals surface area contributed by atoms with Crippen molar-refractivity contribution in [3.8, 4) is 11.3 Å². The van der Waals surface area contributed by atoms with Gasteiger partial charge in [-0.25, -0.2) is 9.97 Å². The van der Waals surface area contributed by atoms with Crippen molar-refractivity contribution in [2.45, 2.75) is 39.2 Å². The second-order valence-corrected chi connectivity index (χ2v) is 6.84. The lowest BCUT2D eigenvalue weighted by molar-refractivity contribution is 0.598. The van der Waals surface area contributed by atoms with Gasteiger partial charge in [0.1, 0.15) is 11.6 Å². The average molecular weight is 329 g/mol. The van der Waals surface area contributed by atoms with Gasteiger partial charge in [0.05, 0.1) is 11.7 Å². The number of rotatable bonds is 3. The van der Waals surface area contributed by atoms with Gasteiger partial charge in [0.25, 0.3) is 0 Å². The van der Waals surface area contributed by atoms with Crippen LogP contribution in [0.1, 0.15) is 41.4 Å². The molecule has 1 heterocycles. The standard InChI is InChI=1S/C22H23N3/c1-15-10-12-18(13-11-15)21-14-22(24-16(2)23-21)25-20-9-5-7-17-6-3-4-8-19(17)20/h3-4,6,8,10-14,20H,5,7,9H2,1-2H3,(H,23,24,25). The van der Waals surface area contributed by atoms with Crippen molar-refractivity contribution in [2.24, 2.45) is 0 Å². The van der Waals surface area contributed by atoms with Crippen LogP contribution in [-0.2, 0) is 6.42 Å². The fourth-order valence-corrected chi connectivity index (χ4v) is 3.60. The first-order valence-electron chi connectivity index (χ1n) is 8.96. The molecule has 4 rings (SSSR count). The van der Waals surface area contributed by atoms with Gasteiger partial charge in [0, 0.05) is 11.6 Å². The molecular weight excluding hydrogens is 306 g/mol. The van der Waals surface area contributed by atoms with E-state index in [-0.39, 0.29) is 0 Å². The van der Waals surface area contributed by atoms with Crippen LogP contribution in [0.15, 0.2) is 54.6 Å². The minimum atomic E-state index is 0.324.